The van der Waals surface area contributed by atoms with E-state index >= 15 is 0 Å². The average Bonchev–Trinajstić information content (AvgIpc) is 2.77. The van der Waals surface area contributed by atoms with Crippen LogP contribution in [0.1, 0.15) is 37.8 Å². The van der Waals surface area contributed by atoms with Gasteiger partial charge in [0.05, 0.1) is 21.8 Å². The monoisotopic (exact) mass is 498 g/mol. The summed E-state index contributed by atoms with van der Waals surface area (Å²) in [6.45, 7) is 2.40. The first-order valence-corrected chi connectivity index (χ1v) is 14.1. The molecule has 1 aliphatic heterocycles. The van der Waals surface area contributed by atoms with Gasteiger partial charge in [-0.05, 0) is 61.2 Å². The molecule has 0 bridgehead atoms. The first-order valence-electron chi connectivity index (χ1n) is 10.4. The molecule has 2 atom stereocenters. The Labute approximate surface area is 194 Å². The Morgan fingerprint density at radius 3 is 2.22 bits per heavy atom. The van der Waals surface area contributed by atoms with Crippen LogP contribution in [0.5, 0.6) is 0 Å². The highest BCUT2D eigenvalue weighted by Crippen LogP contribution is 2.26. The molecular formula is C22H27ClN2O5S2. The minimum atomic E-state index is -3.71. The minimum Gasteiger partial charge on any atom is -0.349 e. The van der Waals surface area contributed by atoms with Crippen LogP contribution in [-0.4, -0.2) is 46.4 Å². The van der Waals surface area contributed by atoms with Crippen LogP contribution in [0.3, 0.4) is 0 Å². The smallest absolute Gasteiger partial charge is 0.243 e. The summed E-state index contributed by atoms with van der Waals surface area (Å²) in [6.07, 6.45) is 2.95. The highest BCUT2D eigenvalue weighted by Gasteiger charge is 2.34. The third-order valence-electron chi connectivity index (χ3n) is 5.64. The van der Waals surface area contributed by atoms with Gasteiger partial charge in [0, 0.05) is 24.4 Å². The number of rotatable bonds is 7. The Hall–Kier alpha value is -1.94. The number of amides is 1. The second-order valence-electron chi connectivity index (χ2n) is 7.97. The fraction of sp³-hybridized carbons (Fsp3) is 0.409. The van der Waals surface area contributed by atoms with Crippen molar-refractivity contribution in [2.45, 2.75) is 42.0 Å². The lowest BCUT2D eigenvalue weighted by Crippen LogP contribution is -2.46. The molecule has 174 valence electrons. The van der Waals surface area contributed by atoms with Crippen LogP contribution in [-0.2, 0) is 24.7 Å². The number of carbonyl (C=O) groups is 1. The largest absolute Gasteiger partial charge is 0.349 e. The normalized spacial score (nSPS) is 18.8. The molecule has 1 heterocycles. The van der Waals surface area contributed by atoms with Crippen molar-refractivity contribution < 1.29 is 21.6 Å². The van der Waals surface area contributed by atoms with Crippen molar-refractivity contribution in [1.82, 2.24) is 9.62 Å². The Bertz CT molecular complexity index is 1160. The van der Waals surface area contributed by atoms with Crippen molar-refractivity contribution in [3.63, 3.8) is 0 Å². The van der Waals surface area contributed by atoms with Gasteiger partial charge in [-0.1, -0.05) is 30.7 Å². The van der Waals surface area contributed by atoms with Crippen LogP contribution in [0.25, 0.3) is 0 Å². The first-order chi connectivity index (χ1) is 15.0. The van der Waals surface area contributed by atoms with E-state index in [2.05, 4.69) is 5.32 Å². The molecule has 0 unspecified atom stereocenters. The van der Waals surface area contributed by atoms with Gasteiger partial charge in [-0.15, -0.1) is 0 Å². The van der Waals surface area contributed by atoms with Crippen LogP contribution in [0.15, 0.2) is 58.3 Å². The molecule has 10 heteroatoms. The number of nitrogens with one attached hydrogen (secondary N) is 1. The molecule has 0 radical (unpaired) electrons. The molecule has 7 nitrogen and oxygen atoms in total. The summed E-state index contributed by atoms with van der Waals surface area (Å²) < 4.78 is 50.7. The zero-order valence-electron chi connectivity index (χ0n) is 18.0. The first kappa shape index (κ1) is 24.7. The second-order valence-corrected chi connectivity index (χ2v) is 12.4. The lowest BCUT2D eigenvalue weighted by molar-refractivity contribution is -0.126. The number of nitrogens with zero attached hydrogens (tertiary/aromatic N) is 1. The van der Waals surface area contributed by atoms with E-state index < -0.39 is 25.8 Å². The number of hydrogen-bond donors (Lipinski definition) is 1. The molecule has 0 aliphatic carbocycles. The van der Waals surface area contributed by atoms with E-state index in [1.54, 1.807) is 12.1 Å². The van der Waals surface area contributed by atoms with Crippen LogP contribution in [0, 0.1) is 5.92 Å². The summed E-state index contributed by atoms with van der Waals surface area (Å²) in [7, 11) is -7.01. The summed E-state index contributed by atoms with van der Waals surface area (Å²) in [5, 5.41) is 3.46. The molecule has 1 N–H and O–H groups in total. The SMILES string of the molecule is CC[C@H](NC(=O)[C@H]1CCCN(S(=O)(=O)c2ccc(Cl)cc2)C1)c1ccc(S(C)(=O)=O)cc1. The van der Waals surface area contributed by atoms with Gasteiger partial charge < -0.3 is 5.32 Å². The lowest BCUT2D eigenvalue weighted by atomic mass is 9.97. The van der Waals surface area contributed by atoms with Gasteiger partial charge in [-0.25, -0.2) is 16.8 Å². The third kappa shape index (κ3) is 5.70. The summed E-state index contributed by atoms with van der Waals surface area (Å²) in [6, 6.07) is 12.2. The topological polar surface area (TPSA) is 101 Å². The molecule has 32 heavy (non-hydrogen) atoms. The van der Waals surface area contributed by atoms with Crippen LogP contribution < -0.4 is 5.32 Å². The van der Waals surface area contributed by atoms with E-state index in [9.17, 15) is 21.6 Å². The third-order valence-corrected chi connectivity index (χ3v) is 8.90. The molecule has 1 fully saturated rings. The molecule has 1 amide bonds. The van der Waals surface area contributed by atoms with E-state index in [4.69, 9.17) is 11.6 Å². The van der Waals surface area contributed by atoms with Crippen molar-refractivity contribution in [3.05, 3.63) is 59.1 Å². The molecule has 2 aromatic rings. The molecular weight excluding hydrogens is 472 g/mol. The van der Waals surface area contributed by atoms with Gasteiger partial charge in [-0.3, -0.25) is 4.79 Å². The maximum absolute atomic E-state index is 13.0. The number of halogens is 1. The highest BCUT2D eigenvalue weighted by atomic mass is 35.5. The molecule has 2 aromatic carbocycles. The van der Waals surface area contributed by atoms with Crippen molar-refractivity contribution in [1.29, 1.82) is 0 Å². The van der Waals surface area contributed by atoms with Crippen LogP contribution in [0.2, 0.25) is 5.02 Å². The number of sulfone groups is 1. The number of benzene rings is 2. The van der Waals surface area contributed by atoms with Crippen LogP contribution in [0.4, 0.5) is 0 Å². The van der Waals surface area contributed by atoms with E-state index in [0.29, 0.717) is 30.8 Å². The lowest BCUT2D eigenvalue weighted by Gasteiger charge is -2.32. The van der Waals surface area contributed by atoms with Gasteiger partial charge in [0.25, 0.3) is 0 Å². The predicted molar refractivity (Wildman–Crippen MR) is 124 cm³/mol. The van der Waals surface area contributed by atoms with Crippen molar-refractivity contribution in [3.8, 4) is 0 Å². The summed E-state index contributed by atoms with van der Waals surface area (Å²) in [4.78, 5) is 13.3. The summed E-state index contributed by atoms with van der Waals surface area (Å²) in [5.74, 6) is -0.671. The quantitative estimate of drug-likeness (QED) is 0.630. The number of carbonyl (C=O) groups excluding carboxylic acids is 1. The Balaban J connectivity index is 1.70. The van der Waals surface area contributed by atoms with Crippen LogP contribution >= 0.6 is 11.6 Å². The predicted octanol–water partition coefficient (Wildman–Crippen LogP) is 3.41. The average molecular weight is 499 g/mol. The van der Waals surface area contributed by atoms with Crippen molar-refractivity contribution in [2.24, 2.45) is 5.92 Å². The fourth-order valence-electron chi connectivity index (χ4n) is 3.79. The van der Waals surface area contributed by atoms with Gasteiger partial charge >= 0.3 is 0 Å². The van der Waals surface area contributed by atoms with Crippen molar-refractivity contribution in [2.75, 3.05) is 19.3 Å². The van der Waals surface area contributed by atoms with Gasteiger partial charge in [0.2, 0.25) is 15.9 Å². The molecule has 3 rings (SSSR count). The standard InChI is InChI=1S/C22H27ClN2O5S2/c1-3-21(16-6-10-19(11-7-16)31(2,27)28)24-22(26)17-5-4-14-25(15-17)32(29,30)20-12-8-18(23)9-13-20/h6-13,17,21H,3-5,14-15H2,1-2H3,(H,24,26)/t17-,21-/m0/s1. The van der Waals surface area contributed by atoms with E-state index in [0.717, 1.165) is 11.8 Å². The van der Waals surface area contributed by atoms with Gasteiger partial charge in [-0.2, -0.15) is 4.31 Å². The summed E-state index contributed by atoms with van der Waals surface area (Å²) >= 11 is 5.86. The molecule has 0 aromatic heterocycles. The Morgan fingerprint density at radius 2 is 1.66 bits per heavy atom. The number of piperidine rings is 1. The van der Waals surface area contributed by atoms with E-state index in [1.165, 1.54) is 40.7 Å². The minimum absolute atomic E-state index is 0.111. The second kappa shape index (κ2) is 9.91. The molecule has 0 spiro atoms. The Kier molecular flexibility index (Phi) is 7.65. The molecule has 1 saturated heterocycles. The van der Waals surface area contributed by atoms with Gasteiger partial charge in [0.1, 0.15) is 0 Å². The summed E-state index contributed by atoms with van der Waals surface area (Å²) in [5.41, 5.74) is 0.801. The molecule has 1 aliphatic rings. The highest BCUT2D eigenvalue weighted by molar-refractivity contribution is 7.90. The van der Waals surface area contributed by atoms with Gasteiger partial charge in [0.15, 0.2) is 9.84 Å². The zero-order chi connectivity index (χ0) is 23.5. The maximum Gasteiger partial charge on any atom is 0.243 e. The molecule has 0 saturated carbocycles. The fourth-order valence-corrected chi connectivity index (χ4v) is 6.07. The Morgan fingerprint density at radius 1 is 1.06 bits per heavy atom. The van der Waals surface area contributed by atoms with Crippen molar-refractivity contribution >= 4 is 37.4 Å². The van der Waals surface area contributed by atoms with E-state index in [-0.39, 0.29) is 28.3 Å². The maximum atomic E-state index is 13.0. The number of sulfonamides is 1. The zero-order valence-corrected chi connectivity index (χ0v) is 20.4. The number of hydrogen-bond acceptors (Lipinski definition) is 5. The van der Waals surface area contributed by atoms with E-state index in [1.807, 2.05) is 6.92 Å².